The Hall–Kier alpha value is -2.93. The number of halogens is 1. The van der Waals surface area contributed by atoms with Crippen molar-refractivity contribution in [3.05, 3.63) is 64.8 Å². The summed E-state index contributed by atoms with van der Waals surface area (Å²) in [5.74, 6) is -0.870. The number of rotatable bonds is 3. The minimum Gasteiger partial charge on any atom is -0.308 e. The summed E-state index contributed by atoms with van der Waals surface area (Å²) in [5, 5.41) is 3.06. The lowest BCUT2D eigenvalue weighted by Gasteiger charge is -2.15. The molecule has 0 unspecified atom stereocenters. The third-order valence-corrected chi connectivity index (χ3v) is 5.26. The van der Waals surface area contributed by atoms with E-state index in [2.05, 4.69) is 10.3 Å². The Morgan fingerprint density at radius 3 is 2.59 bits per heavy atom. The van der Waals surface area contributed by atoms with Gasteiger partial charge in [-0.05, 0) is 48.5 Å². The highest BCUT2D eigenvalue weighted by Crippen LogP contribution is 2.42. The number of nitrogens with zero attached hydrogens (tertiary/aromatic N) is 2. The zero-order valence-electron chi connectivity index (χ0n) is 14.5. The van der Waals surface area contributed by atoms with E-state index >= 15 is 0 Å². The fraction of sp³-hybridized carbons (Fsp3) is 0.150. The van der Waals surface area contributed by atoms with E-state index in [4.69, 9.17) is 0 Å². The molecule has 2 aliphatic rings. The van der Waals surface area contributed by atoms with Gasteiger partial charge in [-0.15, -0.1) is 0 Å². The van der Waals surface area contributed by atoms with Crippen LogP contribution in [0, 0.1) is 5.82 Å². The maximum absolute atomic E-state index is 13.0. The van der Waals surface area contributed by atoms with Gasteiger partial charge in [-0.3, -0.25) is 9.59 Å². The molecule has 4 rings (SSSR count). The Kier molecular flexibility index (Phi) is 4.53. The predicted molar refractivity (Wildman–Crippen MR) is 105 cm³/mol. The molecule has 1 saturated heterocycles. The molecule has 2 aromatic rings. The van der Waals surface area contributed by atoms with Crippen LogP contribution in [0.1, 0.15) is 18.9 Å². The van der Waals surface area contributed by atoms with E-state index in [0.29, 0.717) is 27.9 Å². The maximum atomic E-state index is 13.0. The molecule has 1 N–H and O–H groups in total. The number of aliphatic imine (C=N–C) groups is 1. The molecule has 5 nitrogen and oxygen atoms in total. The predicted octanol–water partition coefficient (Wildman–Crippen LogP) is 3.84. The van der Waals surface area contributed by atoms with Gasteiger partial charge in [0, 0.05) is 12.1 Å². The van der Waals surface area contributed by atoms with E-state index in [1.165, 1.54) is 24.3 Å². The Bertz CT molecular complexity index is 999. The molecule has 0 atom stereocenters. The number of carbonyl (C=O) groups excluding carboxylic acids is 2. The van der Waals surface area contributed by atoms with Crippen molar-refractivity contribution in [3.8, 4) is 0 Å². The molecule has 1 fully saturated rings. The Morgan fingerprint density at radius 1 is 1.11 bits per heavy atom. The molecule has 0 aromatic heterocycles. The van der Waals surface area contributed by atoms with E-state index in [-0.39, 0.29) is 17.6 Å². The van der Waals surface area contributed by atoms with Crippen LogP contribution >= 0.6 is 11.8 Å². The first-order valence-corrected chi connectivity index (χ1v) is 9.39. The molecule has 2 aliphatic heterocycles. The van der Waals surface area contributed by atoms with Gasteiger partial charge in [0.1, 0.15) is 5.82 Å². The minimum atomic E-state index is -0.353. The van der Waals surface area contributed by atoms with Gasteiger partial charge in [-0.2, -0.15) is 0 Å². The molecule has 0 saturated carbocycles. The Morgan fingerprint density at radius 2 is 1.85 bits per heavy atom. The highest BCUT2D eigenvalue weighted by molar-refractivity contribution is 8.18. The van der Waals surface area contributed by atoms with Crippen LogP contribution in [0.25, 0.3) is 5.57 Å². The average Bonchev–Trinajstić information content (AvgIpc) is 3.15. The molecule has 27 heavy (non-hydrogen) atoms. The first-order chi connectivity index (χ1) is 13.1. The van der Waals surface area contributed by atoms with Crippen LogP contribution in [0.15, 0.2) is 58.4 Å². The number of fused-ring (bicyclic) bond motifs is 1. The molecule has 2 heterocycles. The van der Waals surface area contributed by atoms with E-state index in [9.17, 15) is 14.0 Å². The molecule has 2 amide bonds. The monoisotopic (exact) mass is 381 g/mol. The van der Waals surface area contributed by atoms with Crippen LogP contribution in [-0.4, -0.2) is 23.5 Å². The van der Waals surface area contributed by atoms with Crippen molar-refractivity contribution < 1.29 is 14.0 Å². The smallest absolute Gasteiger partial charge is 0.264 e. The van der Waals surface area contributed by atoms with Gasteiger partial charge in [0.05, 0.1) is 21.9 Å². The molecule has 2 aromatic carbocycles. The fourth-order valence-electron chi connectivity index (χ4n) is 3.12. The minimum absolute atomic E-state index is 0.168. The summed E-state index contributed by atoms with van der Waals surface area (Å²) in [6.45, 7) is 2.60. The second-order valence-electron chi connectivity index (χ2n) is 6.13. The third kappa shape index (κ3) is 3.14. The van der Waals surface area contributed by atoms with Crippen molar-refractivity contribution in [1.82, 2.24) is 5.32 Å². The normalized spacial score (nSPS) is 20.4. The number of amides is 2. The van der Waals surface area contributed by atoms with Crippen molar-refractivity contribution in [1.29, 1.82) is 0 Å². The number of para-hydroxylation sites is 1. The van der Waals surface area contributed by atoms with E-state index in [1.54, 1.807) is 4.90 Å². The van der Waals surface area contributed by atoms with Gasteiger partial charge in [0.15, 0.2) is 5.17 Å². The summed E-state index contributed by atoms with van der Waals surface area (Å²) in [7, 11) is 0. The molecular weight excluding hydrogens is 365 g/mol. The summed E-state index contributed by atoms with van der Waals surface area (Å²) >= 11 is 1.13. The Labute approximate surface area is 160 Å². The van der Waals surface area contributed by atoms with Crippen molar-refractivity contribution >= 4 is 45.7 Å². The molecular formula is C20H16FN3O2S. The van der Waals surface area contributed by atoms with Crippen molar-refractivity contribution in [2.75, 3.05) is 11.4 Å². The zero-order chi connectivity index (χ0) is 19.0. The maximum Gasteiger partial charge on any atom is 0.264 e. The number of hydrogen-bond donors (Lipinski definition) is 1. The van der Waals surface area contributed by atoms with Gasteiger partial charge in [0.25, 0.3) is 11.8 Å². The summed E-state index contributed by atoms with van der Waals surface area (Å²) in [4.78, 5) is 31.9. The van der Waals surface area contributed by atoms with Gasteiger partial charge >= 0.3 is 0 Å². The van der Waals surface area contributed by atoms with Gasteiger partial charge in [-0.1, -0.05) is 25.1 Å². The summed E-state index contributed by atoms with van der Waals surface area (Å²) in [6.07, 6.45) is 0.819. The zero-order valence-corrected chi connectivity index (χ0v) is 15.3. The first-order valence-electron chi connectivity index (χ1n) is 8.57. The lowest BCUT2D eigenvalue weighted by molar-refractivity contribution is -0.116. The highest BCUT2D eigenvalue weighted by Gasteiger charge is 2.38. The quantitative estimate of drug-likeness (QED) is 0.822. The second kappa shape index (κ2) is 7.00. The van der Waals surface area contributed by atoms with Crippen molar-refractivity contribution in [3.63, 3.8) is 0 Å². The highest BCUT2D eigenvalue weighted by atomic mass is 32.2. The van der Waals surface area contributed by atoms with Crippen LogP contribution in [0.5, 0.6) is 0 Å². The number of anilines is 1. The second-order valence-corrected chi connectivity index (χ2v) is 7.13. The van der Waals surface area contributed by atoms with Gasteiger partial charge in [0.2, 0.25) is 0 Å². The summed E-state index contributed by atoms with van der Waals surface area (Å²) in [6, 6.07) is 13.1. The molecule has 0 aliphatic carbocycles. The molecule has 7 heteroatoms. The lowest BCUT2D eigenvalue weighted by Crippen LogP contribution is -2.27. The standard InChI is InChI=1S/C20H16FN3O2S/c1-2-11-24-15-6-4-3-5-14(15)16(19(24)26)17-18(25)23-20(27-17)22-13-9-7-12(21)8-10-13/h3-10H,2,11H2,1H3,(H,22,23,25)/b17-16+. The number of thioether (sulfide) groups is 1. The van der Waals surface area contributed by atoms with E-state index in [1.807, 2.05) is 31.2 Å². The number of hydrogen-bond acceptors (Lipinski definition) is 4. The van der Waals surface area contributed by atoms with Crippen LogP contribution in [-0.2, 0) is 9.59 Å². The Balaban J connectivity index is 1.74. The molecule has 0 bridgehead atoms. The summed E-state index contributed by atoms with van der Waals surface area (Å²) in [5.41, 5.74) is 2.52. The first kappa shape index (κ1) is 17.5. The van der Waals surface area contributed by atoms with Gasteiger partial charge < -0.3 is 10.2 Å². The number of nitrogens with one attached hydrogen (secondary N) is 1. The fourth-order valence-corrected chi connectivity index (χ4v) is 4.05. The van der Waals surface area contributed by atoms with Crippen LogP contribution < -0.4 is 10.2 Å². The largest absolute Gasteiger partial charge is 0.308 e. The molecule has 0 spiro atoms. The van der Waals surface area contributed by atoms with E-state index in [0.717, 1.165) is 29.4 Å². The number of amidine groups is 1. The van der Waals surface area contributed by atoms with Crippen LogP contribution in [0.4, 0.5) is 15.8 Å². The average molecular weight is 381 g/mol. The van der Waals surface area contributed by atoms with Crippen molar-refractivity contribution in [2.24, 2.45) is 4.99 Å². The van der Waals surface area contributed by atoms with Crippen LogP contribution in [0.2, 0.25) is 0 Å². The molecule has 0 radical (unpaired) electrons. The summed E-state index contributed by atoms with van der Waals surface area (Å²) < 4.78 is 13.0. The van der Waals surface area contributed by atoms with E-state index < -0.39 is 0 Å². The number of benzene rings is 2. The lowest BCUT2D eigenvalue weighted by atomic mass is 10.1. The SMILES string of the molecule is CCCN1C(=O)/C(=C2/SC(=Nc3ccc(F)cc3)NC2=O)c2ccccc21. The van der Waals surface area contributed by atoms with Crippen molar-refractivity contribution in [2.45, 2.75) is 13.3 Å². The third-order valence-electron chi connectivity index (χ3n) is 4.28. The number of carbonyl (C=O) groups is 2. The van der Waals surface area contributed by atoms with Crippen LogP contribution in [0.3, 0.4) is 0 Å². The molecule has 136 valence electrons. The van der Waals surface area contributed by atoms with Gasteiger partial charge in [-0.25, -0.2) is 9.38 Å². The topological polar surface area (TPSA) is 61.8 Å².